The van der Waals surface area contributed by atoms with E-state index < -0.39 is 5.60 Å². The van der Waals surface area contributed by atoms with Crippen molar-refractivity contribution in [3.8, 4) is 0 Å². The van der Waals surface area contributed by atoms with E-state index in [9.17, 15) is 9.59 Å². The fourth-order valence-electron chi connectivity index (χ4n) is 13.5. The van der Waals surface area contributed by atoms with E-state index in [-0.39, 0.29) is 45.3 Å². The smallest absolute Gasteiger partial charge is 0.302 e. The standard InChI is InChI=1S/C34H52O4/c1-9-32-15-13-24(37-20(2)35)29(5,6)22(32)12-14-31(8)23(32)11-10-21-25-26-28(3,4)16-19-34(38-26)27(36)33(25,34)18-17-30(21,31)7/h21-26H,9-19H2,1-8H3/t21?,22?,23?,24?,25?,26?,30-,31?,32?,33?,34?/m0/s1. The molecule has 7 rings (SSSR count). The van der Waals surface area contributed by atoms with E-state index >= 15 is 0 Å². The van der Waals surface area contributed by atoms with Gasteiger partial charge in [-0.15, -0.1) is 0 Å². The predicted octanol–water partition coefficient (Wildman–Crippen LogP) is 7.52. The Hall–Kier alpha value is -0.900. The zero-order valence-corrected chi connectivity index (χ0v) is 25.4. The molecule has 4 heteroatoms. The first-order chi connectivity index (χ1) is 17.7. The Morgan fingerprint density at radius 3 is 2.29 bits per heavy atom. The Morgan fingerprint density at radius 2 is 1.61 bits per heavy atom. The van der Waals surface area contributed by atoms with Crippen molar-refractivity contribution in [1.82, 2.24) is 0 Å². The van der Waals surface area contributed by atoms with Crippen LogP contribution in [0.5, 0.6) is 0 Å². The first-order valence-corrected chi connectivity index (χ1v) is 16.1. The molecule has 212 valence electrons. The molecule has 5 saturated carbocycles. The van der Waals surface area contributed by atoms with Crippen LogP contribution in [0, 0.1) is 56.2 Å². The topological polar surface area (TPSA) is 52.6 Å². The zero-order valence-electron chi connectivity index (χ0n) is 25.4. The molecular formula is C34H52O4. The number of hydrogen-bond donors (Lipinski definition) is 0. The van der Waals surface area contributed by atoms with Gasteiger partial charge in [0.25, 0.3) is 0 Å². The van der Waals surface area contributed by atoms with Gasteiger partial charge in [0.05, 0.1) is 11.5 Å². The van der Waals surface area contributed by atoms with Gasteiger partial charge in [0.2, 0.25) is 0 Å². The minimum absolute atomic E-state index is 0.00281. The molecule has 0 N–H and O–H groups in total. The molecule has 5 aliphatic carbocycles. The molecule has 7 fully saturated rings. The summed E-state index contributed by atoms with van der Waals surface area (Å²) in [5.41, 5.74) is 0.420. The van der Waals surface area contributed by atoms with Crippen LogP contribution in [0.1, 0.15) is 126 Å². The highest BCUT2D eigenvalue weighted by Gasteiger charge is 2.91. The van der Waals surface area contributed by atoms with Gasteiger partial charge in [-0.05, 0) is 110 Å². The molecule has 10 unspecified atom stereocenters. The van der Waals surface area contributed by atoms with Gasteiger partial charge in [0.1, 0.15) is 11.7 Å². The first kappa shape index (κ1) is 26.0. The Kier molecular flexibility index (Phi) is 4.99. The van der Waals surface area contributed by atoms with Gasteiger partial charge in [0, 0.05) is 18.3 Å². The second-order valence-electron chi connectivity index (χ2n) is 16.9. The fraction of sp³-hybridized carbons (Fsp3) is 0.941. The van der Waals surface area contributed by atoms with Crippen molar-refractivity contribution < 1.29 is 19.1 Å². The SMILES string of the molecule is CCC12CCC(OC(C)=O)C(C)(C)C1CCC1(C)C2CCC2C3C4OC5(CCC4(C)C)C(=O)C35CC[C@@]21C. The third kappa shape index (κ3) is 2.57. The predicted molar refractivity (Wildman–Crippen MR) is 147 cm³/mol. The summed E-state index contributed by atoms with van der Waals surface area (Å²) in [4.78, 5) is 25.6. The summed E-state index contributed by atoms with van der Waals surface area (Å²) in [5.74, 6) is 2.64. The molecule has 2 aliphatic heterocycles. The van der Waals surface area contributed by atoms with E-state index in [2.05, 4.69) is 48.5 Å². The molecule has 0 aromatic rings. The van der Waals surface area contributed by atoms with Crippen molar-refractivity contribution in [2.24, 2.45) is 56.2 Å². The van der Waals surface area contributed by atoms with E-state index in [0.717, 1.165) is 25.7 Å². The van der Waals surface area contributed by atoms with Crippen LogP contribution in [0.3, 0.4) is 0 Å². The molecule has 2 saturated heterocycles. The van der Waals surface area contributed by atoms with E-state index in [4.69, 9.17) is 9.47 Å². The molecule has 38 heavy (non-hydrogen) atoms. The van der Waals surface area contributed by atoms with Crippen LogP contribution in [0.4, 0.5) is 0 Å². The van der Waals surface area contributed by atoms with Crippen molar-refractivity contribution in [3.63, 3.8) is 0 Å². The van der Waals surface area contributed by atoms with Crippen LogP contribution >= 0.6 is 0 Å². The highest BCUT2D eigenvalue weighted by molar-refractivity contribution is 6.13. The summed E-state index contributed by atoms with van der Waals surface area (Å²) < 4.78 is 12.9. The van der Waals surface area contributed by atoms with Crippen molar-refractivity contribution in [2.45, 2.75) is 144 Å². The summed E-state index contributed by atoms with van der Waals surface area (Å²) >= 11 is 0. The molecule has 7 aliphatic rings. The monoisotopic (exact) mass is 524 g/mol. The maximum absolute atomic E-state index is 13.6. The van der Waals surface area contributed by atoms with Crippen LogP contribution in [-0.4, -0.2) is 29.6 Å². The van der Waals surface area contributed by atoms with Crippen LogP contribution < -0.4 is 0 Å². The molecule has 0 amide bonds. The van der Waals surface area contributed by atoms with E-state index in [1.54, 1.807) is 6.92 Å². The molecular weight excluding hydrogens is 472 g/mol. The van der Waals surface area contributed by atoms with Crippen molar-refractivity contribution >= 4 is 11.8 Å². The largest absolute Gasteiger partial charge is 0.462 e. The molecule has 0 aromatic heterocycles. The number of Topliss-reactive ketones (excluding diaryl/α,β-unsaturated/α-hetero) is 1. The summed E-state index contributed by atoms with van der Waals surface area (Å²) in [5, 5.41) is 0. The summed E-state index contributed by atoms with van der Waals surface area (Å²) in [6.45, 7) is 19.0. The van der Waals surface area contributed by atoms with Gasteiger partial charge >= 0.3 is 5.97 Å². The lowest BCUT2D eigenvalue weighted by atomic mass is 9.32. The van der Waals surface area contributed by atoms with Gasteiger partial charge < -0.3 is 9.47 Å². The second kappa shape index (κ2) is 7.29. The maximum Gasteiger partial charge on any atom is 0.302 e. The lowest BCUT2D eigenvalue weighted by Gasteiger charge is -2.73. The summed E-state index contributed by atoms with van der Waals surface area (Å²) in [6, 6.07) is 0. The van der Waals surface area contributed by atoms with Gasteiger partial charge in [-0.2, -0.15) is 0 Å². The minimum atomic E-state index is -0.418. The second-order valence-corrected chi connectivity index (χ2v) is 16.9. The Labute approximate surface area is 230 Å². The Morgan fingerprint density at radius 1 is 0.868 bits per heavy atom. The molecule has 4 nitrogen and oxygen atoms in total. The fourth-order valence-corrected chi connectivity index (χ4v) is 13.5. The number of ether oxygens (including phenoxy) is 2. The third-order valence-electron chi connectivity index (χ3n) is 15.6. The van der Waals surface area contributed by atoms with Crippen LogP contribution in [-0.2, 0) is 19.1 Å². The number of carbonyl (C=O) groups excluding carboxylic acids is 2. The molecule has 2 bridgehead atoms. The van der Waals surface area contributed by atoms with E-state index in [0.29, 0.717) is 34.9 Å². The number of rotatable bonds is 2. The molecule has 0 aromatic carbocycles. The van der Waals surface area contributed by atoms with E-state index in [1.165, 1.54) is 44.9 Å². The number of esters is 1. The zero-order chi connectivity index (χ0) is 27.3. The van der Waals surface area contributed by atoms with Crippen LogP contribution in [0.2, 0.25) is 0 Å². The summed E-state index contributed by atoms with van der Waals surface area (Å²) in [6.07, 6.45) is 13.1. The molecule has 2 heterocycles. The first-order valence-electron chi connectivity index (χ1n) is 16.1. The van der Waals surface area contributed by atoms with Gasteiger partial charge in [-0.3, -0.25) is 9.59 Å². The quantitative estimate of drug-likeness (QED) is 0.351. The lowest BCUT2D eigenvalue weighted by Crippen LogP contribution is -2.67. The van der Waals surface area contributed by atoms with Crippen molar-refractivity contribution in [1.29, 1.82) is 0 Å². The van der Waals surface area contributed by atoms with Gasteiger partial charge in [-0.1, -0.05) is 48.5 Å². The van der Waals surface area contributed by atoms with E-state index in [1.807, 2.05) is 0 Å². The minimum Gasteiger partial charge on any atom is -0.462 e. The average Bonchev–Trinajstić information content (AvgIpc) is 3.18. The molecule has 0 radical (unpaired) electrons. The number of carbonyl (C=O) groups is 2. The normalized spacial score (nSPS) is 57.0. The number of ketones is 1. The van der Waals surface area contributed by atoms with Crippen LogP contribution in [0.15, 0.2) is 0 Å². The number of fused-ring (bicyclic) bond motifs is 8. The van der Waals surface area contributed by atoms with Crippen molar-refractivity contribution in [3.05, 3.63) is 0 Å². The van der Waals surface area contributed by atoms with Gasteiger partial charge in [0.15, 0.2) is 5.78 Å². The highest BCUT2D eigenvalue weighted by atomic mass is 16.5. The highest BCUT2D eigenvalue weighted by Crippen LogP contribution is 2.84. The third-order valence-corrected chi connectivity index (χ3v) is 15.6. The Balaban J connectivity index is 1.27. The lowest BCUT2D eigenvalue weighted by molar-refractivity contribution is -0.254. The summed E-state index contributed by atoms with van der Waals surface area (Å²) in [7, 11) is 0. The van der Waals surface area contributed by atoms with Crippen molar-refractivity contribution in [2.75, 3.05) is 0 Å². The average molecular weight is 525 g/mol. The maximum atomic E-state index is 13.6. The van der Waals surface area contributed by atoms with Crippen LogP contribution in [0.25, 0.3) is 0 Å². The van der Waals surface area contributed by atoms with Gasteiger partial charge in [-0.25, -0.2) is 0 Å². The number of hydrogen-bond acceptors (Lipinski definition) is 4. The molecule has 2 spiro atoms. The Bertz CT molecular complexity index is 1090. The molecule has 11 atom stereocenters.